The summed E-state index contributed by atoms with van der Waals surface area (Å²) in [7, 11) is 0. The molecule has 0 unspecified atom stereocenters. The van der Waals surface area contributed by atoms with Gasteiger partial charge in [0.25, 0.3) is 0 Å². The largest absolute Gasteiger partial charge is 0.485 e. The molecule has 0 saturated carbocycles. The predicted molar refractivity (Wildman–Crippen MR) is 66.6 cm³/mol. The Labute approximate surface area is 105 Å². The van der Waals surface area contributed by atoms with Gasteiger partial charge in [-0.1, -0.05) is 36.4 Å². The molecule has 2 aromatic rings. The first kappa shape index (κ1) is 12.1. The number of nitrogens with zero attached hydrogens (tertiary/aromatic N) is 1. The van der Waals surface area contributed by atoms with Crippen LogP contribution in [0.1, 0.15) is 24.2 Å². The molecule has 18 heavy (non-hydrogen) atoms. The van der Waals surface area contributed by atoms with E-state index in [9.17, 15) is 4.39 Å². The van der Waals surface area contributed by atoms with Crippen LogP contribution in [0.15, 0.2) is 48.5 Å². The molecule has 90 valence electrons. The van der Waals surface area contributed by atoms with Gasteiger partial charge in [-0.05, 0) is 24.6 Å². The fraction of sp³-hybridized carbons (Fsp3) is 0.133. The summed E-state index contributed by atoms with van der Waals surface area (Å²) in [6.45, 7) is 1.86. The zero-order chi connectivity index (χ0) is 13.0. The topological polar surface area (TPSA) is 33.0 Å². The van der Waals surface area contributed by atoms with Gasteiger partial charge in [-0.15, -0.1) is 0 Å². The predicted octanol–water partition coefficient (Wildman–Crippen LogP) is 3.84. The Morgan fingerprint density at radius 2 is 1.83 bits per heavy atom. The molecular formula is C15H12FNO. The number of rotatable bonds is 3. The second-order valence-electron chi connectivity index (χ2n) is 3.90. The minimum absolute atomic E-state index is 0.0553. The van der Waals surface area contributed by atoms with E-state index in [4.69, 9.17) is 10.00 Å². The minimum Gasteiger partial charge on any atom is -0.485 e. The number of halogens is 1. The number of ether oxygens (including phenoxy) is 1. The zero-order valence-electron chi connectivity index (χ0n) is 9.93. The van der Waals surface area contributed by atoms with Crippen molar-refractivity contribution in [3.05, 3.63) is 65.5 Å². The van der Waals surface area contributed by atoms with Gasteiger partial charge in [0, 0.05) is 0 Å². The van der Waals surface area contributed by atoms with Gasteiger partial charge in [0.15, 0.2) is 0 Å². The first-order valence-electron chi connectivity index (χ1n) is 5.62. The highest BCUT2D eigenvalue weighted by Gasteiger charge is 2.13. The molecule has 0 aromatic heterocycles. The second-order valence-corrected chi connectivity index (χ2v) is 3.90. The van der Waals surface area contributed by atoms with Gasteiger partial charge in [-0.3, -0.25) is 0 Å². The van der Waals surface area contributed by atoms with Crippen LogP contribution in [0.2, 0.25) is 0 Å². The summed E-state index contributed by atoms with van der Waals surface area (Å²) >= 11 is 0. The van der Waals surface area contributed by atoms with E-state index < -0.39 is 5.82 Å². The van der Waals surface area contributed by atoms with Crippen molar-refractivity contribution in [2.75, 3.05) is 0 Å². The van der Waals surface area contributed by atoms with Crippen molar-refractivity contribution in [1.29, 1.82) is 5.26 Å². The van der Waals surface area contributed by atoms with Gasteiger partial charge < -0.3 is 4.74 Å². The van der Waals surface area contributed by atoms with E-state index in [1.54, 1.807) is 6.07 Å². The van der Waals surface area contributed by atoms with Crippen molar-refractivity contribution in [3.63, 3.8) is 0 Å². The van der Waals surface area contributed by atoms with Crippen LogP contribution >= 0.6 is 0 Å². The number of hydrogen-bond donors (Lipinski definition) is 0. The molecule has 0 aliphatic heterocycles. The average Bonchev–Trinajstić information content (AvgIpc) is 2.40. The van der Waals surface area contributed by atoms with Gasteiger partial charge >= 0.3 is 0 Å². The van der Waals surface area contributed by atoms with Gasteiger partial charge in [-0.25, -0.2) is 4.39 Å². The number of benzene rings is 2. The van der Waals surface area contributed by atoms with Crippen molar-refractivity contribution < 1.29 is 9.13 Å². The van der Waals surface area contributed by atoms with E-state index >= 15 is 0 Å². The van der Waals surface area contributed by atoms with Crippen LogP contribution in [-0.2, 0) is 0 Å². The molecule has 0 aliphatic carbocycles. The maximum Gasteiger partial charge on any atom is 0.144 e. The molecule has 2 rings (SSSR count). The van der Waals surface area contributed by atoms with Crippen molar-refractivity contribution in [3.8, 4) is 11.8 Å². The lowest BCUT2D eigenvalue weighted by Gasteiger charge is -2.16. The second kappa shape index (κ2) is 5.33. The van der Waals surface area contributed by atoms with E-state index in [0.29, 0.717) is 0 Å². The normalized spacial score (nSPS) is 11.6. The minimum atomic E-state index is -0.560. The fourth-order valence-corrected chi connectivity index (χ4v) is 1.69. The summed E-state index contributed by atoms with van der Waals surface area (Å²) in [5.41, 5.74) is 0.922. The quantitative estimate of drug-likeness (QED) is 0.818. The fourth-order valence-electron chi connectivity index (χ4n) is 1.69. The third kappa shape index (κ3) is 2.49. The molecular weight excluding hydrogens is 229 g/mol. The molecule has 0 spiro atoms. The van der Waals surface area contributed by atoms with E-state index in [1.165, 1.54) is 12.1 Å². The maximum absolute atomic E-state index is 13.4. The molecule has 0 bridgehead atoms. The van der Waals surface area contributed by atoms with Crippen molar-refractivity contribution in [2.45, 2.75) is 13.0 Å². The number of nitriles is 1. The molecule has 0 amide bonds. The highest BCUT2D eigenvalue weighted by atomic mass is 19.1. The SMILES string of the molecule is C[C@H](Oc1cccc(F)c1C#N)c1ccccc1. The summed E-state index contributed by atoms with van der Waals surface area (Å²) in [5, 5.41) is 8.91. The Bertz CT molecular complexity index is 575. The molecule has 0 saturated heterocycles. The standard InChI is InChI=1S/C15H12FNO/c1-11(12-6-3-2-4-7-12)18-15-9-5-8-14(16)13(15)10-17/h2-9,11H,1H3/t11-/m0/s1. The van der Waals surface area contributed by atoms with Crippen LogP contribution in [0.4, 0.5) is 4.39 Å². The summed E-state index contributed by atoms with van der Waals surface area (Å²) < 4.78 is 19.0. The van der Waals surface area contributed by atoms with Gasteiger partial charge in [0.1, 0.15) is 29.3 Å². The highest BCUT2D eigenvalue weighted by molar-refractivity contribution is 5.44. The van der Waals surface area contributed by atoms with E-state index in [1.807, 2.05) is 43.3 Å². The van der Waals surface area contributed by atoms with Gasteiger partial charge in [-0.2, -0.15) is 5.26 Å². The van der Waals surface area contributed by atoms with E-state index in [0.717, 1.165) is 5.56 Å². The molecule has 3 heteroatoms. The smallest absolute Gasteiger partial charge is 0.144 e. The Hall–Kier alpha value is -2.34. The number of hydrogen-bond acceptors (Lipinski definition) is 2. The van der Waals surface area contributed by atoms with Crippen molar-refractivity contribution in [1.82, 2.24) is 0 Å². The summed E-state index contributed by atoms with van der Waals surface area (Å²) in [6.07, 6.45) is -0.236. The lowest BCUT2D eigenvalue weighted by Crippen LogP contribution is -2.04. The molecule has 2 nitrogen and oxygen atoms in total. The van der Waals surface area contributed by atoms with Gasteiger partial charge in [0.2, 0.25) is 0 Å². The van der Waals surface area contributed by atoms with Crippen molar-refractivity contribution >= 4 is 0 Å². The monoisotopic (exact) mass is 241 g/mol. The van der Waals surface area contributed by atoms with Gasteiger partial charge in [0.05, 0.1) is 0 Å². The first-order valence-corrected chi connectivity index (χ1v) is 5.62. The van der Waals surface area contributed by atoms with Crippen molar-refractivity contribution in [2.24, 2.45) is 0 Å². The van der Waals surface area contributed by atoms with E-state index in [-0.39, 0.29) is 17.4 Å². The van der Waals surface area contributed by atoms with Crippen LogP contribution in [-0.4, -0.2) is 0 Å². The highest BCUT2D eigenvalue weighted by Crippen LogP contribution is 2.26. The van der Waals surface area contributed by atoms with Crippen LogP contribution in [0.25, 0.3) is 0 Å². The molecule has 0 fully saturated rings. The molecule has 1 atom stereocenters. The molecule has 0 heterocycles. The van der Waals surface area contributed by atoms with Crippen LogP contribution in [0.3, 0.4) is 0 Å². The summed E-state index contributed by atoms with van der Waals surface area (Å²) in [5.74, 6) is -0.288. The zero-order valence-corrected chi connectivity index (χ0v) is 9.93. The van der Waals surface area contributed by atoms with Crippen LogP contribution < -0.4 is 4.74 Å². The summed E-state index contributed by atoms with van der Waals surface area (Å²) in [6, 6.07) is 15.8. The molecule has 0 radical (unpaired) electrons. The Morgan fingerprint density at radius 3 is 2.50 bits per heavy atom. The lowest BCUT2D eigenvalue weighted by atomic mass is 10.1. The molecule has 2 aromatic carbocycles. The third-order valence-corrected chi connectivity index (χ3v) is 2.66. The molecule has 0 N–H and O–H groups in total. The third-order valence-electron chi connectivity index (χ3n) is 2.66. The molecule has 0 aliphatic rings. The average molecular weight is 241 g/mol. The summed E-state index contributed by atoms with van der Waals surface area (Å²) in [4.78, 5) is 0. The Balaban J connectivity index is 2.25. The lowest BCUT2D eigenvalue weighted by molar-refractivity contribution is 0.225. The Morgan fingerprint density at radius 1 is 1.11 bits per heavy atom. The first-order chi connectivity index (χ1) is 8.72. The van der Waals surface area contributed by atoms with E-state index in [2.05, 4.69) is 0 Å². The Kier molecular flexibility index (Phi) is 3.59. The van der Waals surface area contributed by atoms with Crippen LogP contribution in [0.5, 0.6) is 5.75 Å². The maximum atomic E-state index is 13.4. The van der Waals surface area contributed by atoms with Crippen LogP contribution in [0, 0.1) is 17.1 Å².